The molecular formula is C24H20F3N3O2. The third-order valence-corrected chi connectivity index (χ3v) is 4.95. The van der Waals surface area contributed by atoms with Gasteiger partial charge in [-0.15, -0.1) is 0 Å². The van der Waals surface area contributed by atoms with Crippen LogP contribution in [0.1, 0.15) is 29.9 Å². The Hall–Kier alpha value is -3.81. The van der Waals surface area contributed by atoms with Crippen molar-refractivity contribution >= 4 is 16.9 Å². The zero-order chi connectivity index (χ0) is 22.7. The monoisotopic (exact) mass is 439 g/mol. The maximum absolute atomic E-state index is 13.0. The molecule has 0 bridgehead atoms. The number of benzene rings is 3. The molecule has 0 fully saturated rings. The molecule has 2 atom stereocenters. The lowest BCUT2D eigenvalue weighted by atomic mass is 9.98. The minimum Gasteiger partial charge on any atom is -0.481 e. The molecule has 1 heterocycles. The summed E-state index contributed by atoms with van der Waals surface area (Å²) in [6, 6.07) is 22.3. The van der Waals surface area contributed by atoms with E-state index in [1.54, 1.807) is 31.2 Å². The number of aromatic nitrogens is 2. The Bertz CT molecular complexity index is 1210. The van der Waals surface area contributed by atoms with Gasteiger partial charge in [-0.3, -0.25) is 4.79 Å². The van der Waals surface area contributed by atoms with Gasteiger partial charge in [-0.25, -0.2) is 4.98 Å². The lowest BCUT2D eigenvalue weighted by molar-refractivity contribution is -0.144. The lowest BCUT2D eigenvalue weighted by Crippen LogP contribution is -2.39. The van der Waals surface area contributed by atoms with Crippen molar-refractivity contribution in [3.05, 3.63) is 95.8 Å². The highest BCUT2D eigenvalue weighted by Crippen LogP contribution is 2.30. The minimum absolute atomic E-state index is 0.194. The number of carbonyl (C=O) groups is 1. The van der Waals surface area contributed by atoms with Gasteiger partial charge in [0.05, 0.1) is 17.1 Å². The van der Waals surface area contributed by atoms with Gasteiger partial charge < -0.3 is 15.0 Å². The summed E-state index contributed by atoms with van der Waals surface area (Å²) < 4.78 is 44.8. The summed E-state index contributed by atoms with van der Waals surface area (Å²) in [6.07, 6.45) is -5.35. The average Bonchev–Trinajstić information content (AvgIpc) is 3.22. The van der Waals surface area contributed by atoms with Crippen LogP contribution in [0.3, 0.4) is 0 Å². The predicted molar refractivity (Wildman–Crippen MR) is 114 cm³/mol. The fourth-order valence-electron chi connectivity index (χ4n) is 3.36. The van der Waals surface area contributed by atoms with E-state index in [1.165, 1.54) is 6.07 Å². The second kappa shape index (κ2) is 8.74. The number of hydrogen-bond donors (Lipinski definition) is 2. The van der Waals surface area contributed by atoms with Gasteiger partial charge in [0, 0.05) is 0 Å². The van der Waals surface area contributed by atoms with Crippen LogP contribution in [0, 0.1) is 0 Å². The lowest BCUT2D eigenvalue weighted by Gasteiger charge is -2.22. The molecule has 0 radical (unpaired) electrons. The van der Waals surface area contributed by atoms with Crippen LogP contribution in [0.5, 0.6) is 5.75 Å². The summed E-state index contributed by atoms with van der Waals surface area (Å²) in [4.78, 5) is 18.8. The number of nitrogens with one attached hydrogen (secondary N) is 2. The molecule has 4 rings (SSSR count). The molecule has 2 unspecified atom stereocenters. The van der Waals surface area contributed by atoms with E-state index in [2.05, 4.69) is 15.3 Å². The van der Waals surface area contributed by atoms with Crippen molar-refractivity contribution in [1.29, 1.82) is 0 Å². The fraction of sp³-hybridized carbons (Fsp3) is 0.167. The Labute approximate surface area is 182 Å². The molecule has 8 heteroatoms. The highest BCUT2D eigenvalue weighted by Gasteiger charge is 2.34. The molecule has 0 aliphatic rings. The molecule has 164 valence electrons. The number of nitrogens with zero attached hydrogens (tertiary/aromatic N) is 1. The largest absolute Gasteiger partial charge is 0.481 e. The molecule has 1 amide bonds. The molecule has 0 aliphatic heterocycles. The third-order valence-electron chi connectivity index (χ3n) is 4.95. The highest BCUT2D eigenvalue weighted by molar-refractivity contribution is 5.82. The third kappa shape index (κ3) is 4.74. The molecule has 0 spiro atoms. The van der Waals surface area contributed by atoms with Gasteiger partial charge in [0.25, 0.3) is 5.91 Å². The second-order valence-electron chi connectivity index (χ2n) is 7.29. The molecule has 4 aromatic rings. The Balaban J connectivity index is 1.63. The number of amides is 1. The number of fused-ring (bicyclic) bond motifs is 1. The van der Waals surface area contributed by atoms with E-state index >= 15 is 0 Å². The Morgan fingerprint density at radius 1 is 0.969 bits per heavy atom. The number of H-pyrrole nitrogens is 1. The van der Waals surface area contributed by atoms with Gasteiger partial charge in [0.2, 0.25) is 5.82 Å². The second-order valence-corrected chi connectivity index (χ2v) is 7.29. The van der Waals surface area contributed by atoms with E-state index in [0.29, 0.717) is 11.3 Å². The first-order valence-electron chi connectivity index (χ1n) is 9.95. The van der Waals surface area contributed by atoms with Crippen LogP contribution in [0.2, 0.25) is 0 Å². The van der Waals surface area contributed by atoms with Crippen LogP contribution in [-0.2, 0) is 11.0 Å². The van der Waals surface area contributed by atoms with Crippen LogP contribution in [0.15, 0.2) is 78.9 Å². The van der Waals surface area contributed by atoms with E-state index in [0.717, 1.165) is 5.56 Å². The molecule has 3 aromatic carbocycles. The van der Waals surface area contributed by atoms with Crippen LogP contribution >= 0.6 is 0 Å². The first kappa shape index (κ1) is 21.4. The fourth-order valence-corrected chi connectivity index (χ4v) is 3.36. The number of imidazole rings is 1. The van der Waals surface area contributed by atoms with Crippen molar-refractivity contribution in [1.82, 2.24) is 15.3 Å². The van der Waals surface area contributed by atoms with Crippen molar-refractivity contribution in [2.75, 3.05) is 0 Å². The SMILES string of the molecule is CC(Oc1ccccc1)C(=O)NC(c1ccccc1)c1ccc2nc(C(F)(F)F)[nH]c2c1. The Kier molecular flexibility index (Phi) is 5.85. The Morgan fingerprint density at radius 2 is 1.62 bits per heavy atom. The van der Waals surface area contributed by atoms with Crippen molar-refractivity contribution in [2.24, 2.45) is 0 Å². The Morgan fingerprint density at radius 3 is 2.28 bits per heavy atom. The van der Waals surface area contributed by atoms with E-state index in [4.69, 9.17) is 4.74 Å². The van der Waals surface area contributed by atoms with E-state index < -0.39 is 24.1 Å². The van der Waals surface area contributed by atoms with Crippen molar-refractivity contribution in [3.63, 3.8) is 0 Å². The van der Waals surface area contributed by atoms with E-state index in [1.807, 2.05) is 48.5 Å². The zero-order valence-corrected chi connectivity index (χ0v) is 17.1. The van der Waals surface area contributed by atoms with Crippen molar-refractivity contribution < 1.29 is 22.7 Å². The standard InChI is InChI=1S/C24H20F3N3O2/c1-15(32-18-10-6-3-7-11-18)22(31)30-21(16-8-4-2-5-9-16)17-12-13-19-20(14-17)29-23(28-19)24(25,26)27/h2-15,21H,1H3,(H,28,29)(H,30,31). The summed E-state index contributed by atoms with van der Waals surface area (Å²) in [5, 5.41) is 2.95. The maximum Gasteiger partial charge on any atom is 0.449 e. The molecule has 5 nitrogen and oxygen atoms in total. The maximum atomic E-state index is 13.0. The smallest absolute Gasteiger partial charge is 0.449 e. The van der Waals surface area contributed by atoms with Crippen LogP contribution in [-0.4, -0.2) is 22.0 Å². The number of alkyl halides is 3. The van der Waals surface area contributed by atoms with E-state index in [-0.39, 0.29) is 16.9 Å². The number of halogens is 3. The minimum atomic E-state index is -4.57. The summed E-state index contributed by atoms with van der Waals surface area (Å²) in [5.41, 5.74) is 1.82. The van der Waals surface area contributed by atoms with E-state index in [9.17, 15) is 18.0 Å². The normalized spacial score (nSPS) is 13.5. The van der Waals surface area contributed by atoms with Gasteiger partial charge >= 0.3 is 6.18 Å². The van der Waals surface area contributed by atoms with Crippen LogP contribution in [0.25, 0.3) is 11.0 Å². The number of ether oxygens (including phenoxy) is 1. The average molecular weight is 439 g/mol. The number of aromatic amines is 1. The van der Waals surface area contributed by atoms with Crippen molar-refractivity contribution in [2.45, 2.75) is 25.2 Å². The number of rotatable bonds is 6. The summed E-state index contributed by atoms with van der Waals surface area (Å²) in [7, 11) is 0. The van der Waals surface area contributed by atoms with Gasteiger partial charge in [0.1, 0.15) is 5.75 Å². The summed E-state index contributed by atoms with van der Waals surface area (Å²) in [5.74, 6) is -0.858. The summed E-state index contributed by atoms with van der Waals surface area (Å²) in [6.45, 7) is 1.64. The number of carbonyl (C=O) groups excluding carboxylic acids is 1. The molecule has 0 saturated carbocycles. The quantitative estimate of drug-likeness (QED) is 0.431. The van der Waals surface area contributed by atoms with Gasteiger partial charge in [-0.1, -0.05) is 54.6 Å². The van der Waals surface area contributed by atoms with Gasteiger partial charge in [0.15, 0.2) is 6.10 Å². The van der Waals surface area contributed by atoms with Gasteiger partial charge in [-0.2, -0.15) is 13.2 Å². The summed E-state index contributed by atoms with van der Waals surface area (Å²) >= 11 is 0. The predicted octanol–water partition coefficient (Wildman–Crippen LogP) is 5.25. The highest BCUT2D eigenvalue weighted by atomic mass is 19.4. The molecule has 2 N–H and O–H groups in total. The number of hydrogen-bond acceptors (Lipinski definition) is 3. The molecule has 1 aromatic heterocycles. The number of para-hydroxylation sites is 1. The van der Waals surface area contributed by atoms with Crippen LogP contribution < -0.4 is 10.1 Å². The topological polar surface area (TPSA) is 67.0 Å². The van der Waals surface area contributed by atoms with Crippen LogP contribution in [0.4, 0.5) is 13.2 Å². The zero-order valence-electron chi connectivity index (χ0n) is 17.1. The molecule has 32 heavy (non-hydrogen) atoms. The molecule has 0 saturated heterocycles. The first-order valence-corrected chi connectivity index (χ1v) is 9.95. The van der Waals surface area contributed by atoms with Gasteiger partial charge in [-0.05, 0) is 42.3 Å². The van der Waals surface area contributed by atoms with Crippen molar-refractivity contribution in [3.8, 4) is 5.75 Å². The molecular weight excluding hydrogens is 419 g/mol. The molecule has 0 aliphatic carbocycles. The first-order chi connectivity index (χ1) is 15.3.